The minimum absolute atomic E-state index is 0.730. The van der Waals surface area contributed by atoms with Gasteiger partial charge in [-0.15, -0.1) is 0 Å². The van der Waals surface area contributed by atoms with Crippen LogP contribution < -0.4 is 4.90 Å². The number of hydrogen-bond acceptors (Lipinski definition) is 2. The van der Waals surface area contributed by atoms with Crippen LogP contribution in [-0.2, 0) is 0 Å². The largest absolute Gasteiger partial charge is 0.367 e. The molecular weight excluding hydrogens is 184 g/mol. The first-order valence-electron chi connectivity index (χ1n) is 5.66. The lowest BCUT2D eigenvalue weighted by Crippen LogP contribution is -2.32. The van der Waals surface area contributed by atoms with Crippen molar-refractivity contribution in [3.63, 3.8) is 0 Å². The molecule has 1 aliphatic carbocycles. The first-order valence-corrected chi connectivity index (χ1v) is 5.66. The maximum absolute atomic E-state index is 9.07. The van der Waals surface area contributed by atoms with Gasteiger partial charge in [0.2, 0.25) is 0 Å². The second-order valence-corrected chi connectivity index (χ2v) is 4.53. The summed E-state index contributed by atoms with van der Waals surface area (Å²) >= 11 is 0. The topological polar surface area (TPSA) is 27.0 Å². The average molecular weight is 198 g/mol. The van der Waals surface area contributed by atoms with E-state index in [-0.39, 0.29) is 0 Å². The number of fused-ring (bicyclic) bond motifs is 1. The van der Waals surface area contributed by atoms with E-state index in [1.54, 1.807) is 0 Å². The fraction of sp³-hybridized carbons (Fsp3) is 0.462. The van der Waals surface area contributed by atoms with Crippen LogP contribution in [0.4, 0.5) is 5.69 Å². The first-order chi connectivity index (χ1) is 7.40. The van der Waals surface area contributed by atoms with Gasteiger partial charge in [-0.05, 0) is 37.3 Å². The Hall–Kier alpha value is -1.49. The van der Waals surface area contributed by atoms with Crippen LogP contribution >= 0.6 is 0 Å². The fourth-order valence-corrected chi connectivity index (χ4v) is 2.73. The molecule has 76 valence electrons. The molecule has 0 bridgehead atoms. The van der Waals surface area contributed by atoms with Crippen LogP contribution in [0.5, 0.6) is 0 Å². The van der Waals surface area contributed by atoms with E-state index in [0.717, 1.165) is 29.8 Å². The Labute approximate surface area is 90.1 Å². The van der Waals surface area contributed by atoms with E-state index in [4.69, 9.17) is 5.26 Å². The monoisotopic (exact) mass is 198 g/mol. The molecule has 2 fully saturated rings. The van der Waals surface area contributed by atoms with Crippen LogP contribution in [0.15, 0.2) is 24.3 Å². The maximum atomic E-state index is 9.07. The Morgan fingerprint density at radius 1 is 1.33 bits per heavy atom. The molecule has 0 radical (unpaired) electrons. The zero-order valence-corrected chi connectivity index (χ0v) is 8.69. The van der Waals surface area contributed by atoms with Crippen molar-refractivity contribution in [1.29, 1.82) is 5.26 Å². The van der Waals surface area contributed by atoms with E-state index in [0.29, 0.717) is 0 Å². The number of nitrogens with zero attached hydrogens (tertiary/aromatic N) is 2. The number of hydrogen-bond donors (Lipinski definition) is 0. The zero-order valence-electron chi connectivity index (χ0n) is 8.69. The van der Waals surface area contributed by atoms with Gasteiger partial charge < -0.3 is 4.90 Å². The van der Waals surface area contributed by atoms with Crippen LogP contribution in [0.3, 0.4) is 0 Å². The van der Waals surface area contributed by atoms with Crippen molar-refractivity contribution in [1.82, 2.24) is 0 Å². The number of nitriles is 1. The molecule has 2 nitrogen and oxygen atoms in total. The Balaban J connectivity index is 1.95. The van der Waals surface area contributed by atoms with Gasteiger partial charge in [-0.3, -0.25) is 0 Å². The van der Waals surface area contributed by atoms with Gasteiger partial charge in [-0.2, -0.15) is 5.26 Å². The third-order valence-electron chi connectivity index (χ3n) is 3.59. The Morgan fingerprint density at radius 2 is 2.20 bits per heavy atom. The van der Waals surface area contributed by atoms with E-state index in [9.17, 15) is 0 Å². The van der Waals surface area contributed by atoms with Crippen molar-refractivity contribution in [2.24, 2.45) is 5.92 Å². The number of anilines is 1. The number of rotatable bonds is 1. The third-order valence-corrected chi connectivity index (χ3v) is 3.59. The highest BCUT2D eigenvalue weighted by molar-refractivity contribution is 5.61. The number of benzene rings is 1. The Bertz CT molecular complexity index is 419. The normalized spacial score (nSPS) is 28.1. The van der Waals surface area contributed by atoms with Crippen molar-refractivity contribution in [3.8, 4) is 6.07 Å². The van der Waals surface area contributed by atoms with Gasteiger partial charge in [0.1, 0.15) is 6.07 Å². The second kappa shape index (κ2) is 3.27. The maximum Gasteiger partial charge on any atom is 0.101 e. The van der Waals surface area contributed by atoms with Gasteiger partial charge in [-0.1, -0.05) is 12.1 Å². The minimum Gasteiger partial charge on any atom is -0.367 e. The molecule has 0 spiro atoms. The molecule has 0 amide bonds. The third kappa shape index (κ3) is 1.39. The molecule has 2 aliphatic rings. The molecule has 2 atom stereocenters. The van der Waals surface area contributed by atoms with Crippen molar-refractivity contribution >= 4 is 5.69 Å². The Kier molecular flexibility index (Phi) is 1.92. The second-order valence-electron chi connectivity index (χ2n) is 4.53. The van der Waals surface area contributed by atoms with Gasteiger partial charge in [0.15, 0.2) is 0 Å². The molecule has 0 aromatic heterocycles. The lowest BCUT2D eigenvalue weighted by atomic mass is 10.1. The minimum atomic E-state index is 0.730. The Morgan fingerprint density at radius 3 is 3.07 bits per heavy atom. The molecule has 1 saturated carbocycles. The summed E-state index contributed by atoms with van der Waals surface area (Å²) in [6.07, 6.45) is 4.00. The summed E-state index contributed by atoms with van der Waals surface area (Å²) < 4.78 is 0. The highest BCUT2D eigenvalue weighted by Crippen LogP contribution is 2.45. The average Bonchev–Trinajstić information content (AvgIpc) is 3.07. The van der Waals surface area contributed by atoms with E-state index < -0.39 is 0 Å². The van der Waals surface area contributed by atoms with Gasteiger partial charge in [0.05, 0.1) is 11.3 Å². The van der Waals surface area contributed by atoms with Crippen molar-refractivity contribution in [2.45, 2.75) is 25.3 Å². The molecule has 2 heteroatoms. The summed E-state index contributed by atoms with van der Waals surface area (Å²) in [5.74, 6) is 0.908. The molecule has 2 unspecified atom stereocenters. The van der Waals surface area contributed by atoms with Crippen LogP contribution in [0.1, 0.15) is 24.8 Å². The number of para-hydroxylation sites is 1. The van der Waals surface area contributed by atoms with Crippen LogP contribution in [-0.4, -0.2) is 12.6 Å². The van der Waals surface area contributed by atoms with Gasteiger partial charge in [-0.25, -0.2) is 0 Å². The molecule has 15 heavy (non-hydrogen) atoms. The lowest BCUT2D eigenvalue weighted by molar-refractivity contribution is 0.559. The van der Waals surface area contributed by atoms with E-state index >= 15 is 0 Å². The quantitative estimate of drug-likeness (QED) is 0.693. The van der Waals surface area contributed by atoms with E-state index in [1.807, 2.05) is 18.2 Å². The standard InChI is InChI=1S/C13H14N2/c14-9-11-4-1-2-6-12(11)15-7-3-5-10-8-13(10)15/h1-2,4,6,10,13H,3,5,7-8H2. The predicted octanol–water partition coefficient (Wildman–Crippen LogP) is 2.55. The molecule has 1 aromatic carbocycles. The fourth-order valence-electron chi connectivity index (χ4n) is 2.73. The van der Waals surface area contributed by atoms with Crippen molar-refractivity contribution < 1.29 is 0 Å². The smallest absolute Gasteiger partial charge is 0.101 e. The SMILES string of the molecule is N#Cc1ccccc1N1CCCC2CC21. The lowest BCUT2D eigenvalue weighted by Gasteiger charge is -2.29. The van der Waals surface area contributed by atoms with Crippen LogP contribution in [0.25, 0.3) is 0 Å². The first kappa shape index (κ1) is 8.79. The summed E-state index contributed by atoms with van der Waals surface area (Å²) in [5, 5.41) is 9.07. The van der Waals surface area contributed by atoms with Crippen molar-refractivity contribution in [3.05, 3.63) is 29.8 Å². The van der Waals surface area contributed by atoms with Gasteiger partial charge in [0.25, 0.3) is 0 Å². The summed E-state index contributed by atoms with van der Waals surface area (Å²) in [4.78, 5) is 2.44. The predicted molar refractivity (Wildman–Crippen MR) is 59.6 cm³/mol. The summed E-state index contributed by atoms with van der Waals surface area (Å²) in [6.45, 7) is 1.12. The molecule has 1 aromatic rings. The highest BCUT2D eigenvalue weighted by atomic mass is 15.2. The summed E-state index contributed by atoms with van der Waals surface area (Å²) in [5.41, 5.74) is 1.97. The molecule has 1 heterocycles. The molecule has 1 saturated heterocycles. The van der Waals surface area contributed by atoms with Gasteiger partial charge >= 0.3 is 0 Å². The highest BCUT2D eigenvalue weighted by Gasteiger charge is 2.44. The molecule has 0 N–H and O–H groups in total. The summed E-state index contributed by atoms with van der Waals surface area (Å²) in [6, 6.07) is 11.0. The van der Waals surface area contributed by atoms with Crippen LogP contribution in [0.2, 0.25) is 0 Å². The molecule has 3 rings (SSSR count). The van der Waals surface area contributed by atoms with Gasteiger partial charge in [0, 0.05) is 12.6 Å². The summed E-state index contributed by atoms with van der Waals surface area (Å²) in [7, 11) is 0. The zero-order chi connectivity index (χ0) is 10.3. The van der Waals surface area contributed by atoms with Crippen LogP contribution in [0, 0.1) is 17.2 Å². The molecular formula is C13H14N2. The van der Waals surface area contributed by atoms with E-state index in [1.165, 1.54) is 19.3 Å². The van der Waals surface area contributed by atoms with E-state index in [2.05, 4.69) is 17.0 Å². The molecule has 1 aliphatic heterocycles. The van der Waals surface area contributed by atoms with Crippen molar-refractivity contribution in [2.75, 3.05) is 11.4 Å². The number of piperidine rings is 1.